The van der Waals surface area contributed by atoms with Gasteiger partial charge in [0, 0.05) is 31.7 Å². The summed E-state index contributed by atoms with van der Waals surface area (Å²) in [6.07, 6.45) is 0. The molecule has 0 spiro atoms. The lowest BCUT2D eigenvalue weighted by Crippen LogP contribution is -2.53. The second-order valence-corrected chi connectivity index (χ2v) is 6.87. The fourth-order valence-electron chi connectivity index (χ4n) is 2.26. The summed E-state index contributed by atoms with van der Waals surface area (Å²) in [4.78, 5) is 10.4. The molecular formula is C13H23N3OS. The Hall–Kier alpha value is -0.650. The molecule has 18 heavy (non-hydrogen) atoms. The minimum absolute atomic E-state index is 0.103. The van der Waals surface area contributed by atoms with Gasteiger partial charge in [0.1, 0.15) is 0 Å². The summed E-state index contributed by atoms with van der Waals surface area (Å²) in [7, 11) is 0. The molecule has 0 aromatic carbocycles. The summed E-state index contributed by atoms with van der Waals surface area (Å²) in [5.41, 5.74) is 1.22. The van der Waals surface area contributed by atoms with Gasteiger partial charge in [0.2, 0.25) is 0 Å². The fraction of sp³-hybridized carbons (Fsp3) is 0.769. The van der Waals surface area contributed by atoms with Crippen LogP contribution in [0.15, 0.2) is 0 Å². The van der Waals surface area contributed by atoms with Gasteiger partial charge in [-0.25, -0.2) is 4.98 Å². The third-order valence-corrected chi connectivity index (χ3v) is 4.73. The van der Waals surface area contributed by atoms with Gasteiger partial charge in [-0.05, 0) is 27.7 Å². The quantitative estimate of drug-likeness (QED) is 0.889. The molecule has 0 bridgehead atoms. The van der Waals surface area contributed by atoms with Crippen LogP contribution in [0, 0.1) is 6.92 Å². The zero-order chi connectivity index (χ0) is 13.3. The Morgan fingerprint density at radius 1 is 1.22 bits per heavy atom. The topological polar surface area (TPSA) is 39.6 Å². The smallest absolute Gasteiger partial charge is 0.185 e. The maximum atomic E-state index is 9.22. The number of aliphatic hydroxyl groups is 1. The predicted molar refractivity (Wildman–Crippen MR) is 76.3 cm³/mol. The van der Waals surface area contributed by atoms with Crippen LogP contribution >= 0.6 is 11.3 Å². The summed E-state index contributed by atoms with van der Waals surface area (Å²) >= 11 is 1.62. The number of anilines is 1. The highest BCUT2D eigenvalue weighted by Crippen LogP contribution is 2.27. The van der Waals surface area contributed by atoms with Crippen LogP contribution in [0.25, 0.3) is 0 Å². The molecule has 0 radical (unpaired) electrons. The highest BCUT2D eigenvalue weighted by molar-refractivity contribution is 7.15. The van der Waals surface area contributed by atoms with Gasteiger partial charge in [0.25, 0.3) is 0 Å². The van der Waals surface area contributed by atoms with Crippen molar-refractivity contribution in [2.75, 3.05) is 31.1 Å². The minimum Gasteiger partial charge on any atom is -0.391 e. The molecule has 0 atom stereocenters. The van der Waals surface area contributed by atoms with Crippen molar-refractivity contribution in [1.82, 2.24) is 9.88 Å². The van der Waals surface area contributed by atoms with E-state index in [0.717, 1.165) is 41.9 Å². The third-order valence-electron chi connectivity index (χ3n) is 3.52. The first kappa shape index (κ1) is 13.8. The maximum absolute atomic E-state index is 9.22. The van der Waals surface area contributed by atoms with E-state index in [-0.39, 0.29) is 12.1 Å². The Kier molecular flexibility index (Phi) is 3.94. The standard InChI is InChI=1S/C13H23N3OS/c1-10-11(9-17)18-12(14-10)15-5-7-16(8-6-15)13(2,3)4/h17H,5-9H2,1-4H3. The molecule has 1 saturated heterocycles. The van der Waals surface area contributed by atoms with Crippen LogP contribution < -0.4 is 4.90 Å². The second kappa shape index (κ2) is 5.15. The molecule has 2 heterocycles. The number of aromatic nitrogens is 1. The number of nitrogens with zero attached hydrogens (tertiary/aromatic N) is 3. The Morgan fingerprint density at radius 2 is 1.83 bits per heavy atom. The van der Waals surface area contributed by atoms with E-state index in [2.05, 4.69) is 35.6 Å². The molecule has 0 saturated carbocycles. The van der Waals surface area contributed by atoms with Crippen molar-refractivity contribution >= 4 is 16.5 Å². The molecule has 1 aliphatic heterocycles. The molecule has 0 aliphatic carbocycles. The van der Waals surface area contributed by atoms with E-state index in [0.29, 0.717) is 0 Å². The lowest BCUT2D eigenvalue weighted by Gasteiger charge is -2.42. The second-order valence-electron chi connectivity index (χ2n) is 5.81. The Balaban J connectivity index is 2.01. The SMILES string of the molecule is Cc1nc(N2CCN(C(C)(C)C)CC2)sc1CO. The van der Waals surface area contributed by atoms with Crippen LogP contribution in [0.5, 0.6) is 0 Å². The number of piperazine rings is 1. The summed E-state index contributed by atoms with van der Waals surface area (Å²) in [5.74, 6) is 0. The van der Waals surface area contributed by atoms with Crippen LogP contribution in [0.2, 0.25) is 0 Å². The molecule has 2 rings (SSSR count). The van der Waals surface area contributed by atoms with Gasteiger partial charge in [-0.15, -0.1) is 0 Å². The van der Waals surface area contributed by atoms with Crippen molar-refractivity contribution in [1.29, 1.82) is 0 Å². The molecule has 102 valence electrons. The molecule has 0 unspecified atom stereocenters. The van der Waals surface area contributed by atoms with Crippen LogP contribution in [-0.2, 0) is 6.61 Å². The van der Waals surface area contributed by atoms with Gasteiger partial charge in [-0.3, -0.25) is 4.90 Å². The van der Waals surface area contributed by atoms with Crippen molar-refractivity contribution in [2.45, 2.75) is 39.8 Å². The Morgan fingerprint density at radius 3 is 2.28 bits per heavy atom. The predicted octanol–water partition coefficient (Wildman–Crippen LogP) is 1.86. The van der Waals surface area contributed by atoms with Gasteiger partial charge < -0.3 is 10.0 Å². The van der Waals surface area contributed by atoms with Crippen LogP contribution in [0.1, 0.15) is 31.3 Å². The normalized spacial score (nSPS) is 18.4. The van der Waals surface area contributed by atoms with E-state index in [1.165, 1.54) is 0 Å². The van der Waals surface area contributed by atoms with Crippen LogP contribution in [0.3, 0.4) is 0 Å². The molecule has 5 heteroatoms. The summed E-state index contributed by atoms with van der Waals surface area (Å²) in [6, 6.07) is 0. The van der Waals surface area contributed by atoms with Crippen LogP contribution in [-0.4, -0.2) is 46.7 Å². The number of aliphatic hydroxyl groups excluding tert-OH is 1. The van der Waals surface area contributed by atoms with Crippen molar-refractivity contribution in [3.8, 4) is 0 Å². The minimum atomic E-state index is 0.103. The van der Waals surface area contributed by atoms with Gasteiger partial charge in [0.05, 0.1) is 17.2 Å². The monoisotopic (exact) mass is 269 g/mol. The van der Waals surface area contributed by atoms with Crippen molar-refractivity contribution in [3.63, 3.8) is 0 Å². The number of rotatable bonds is 2. The third kappa shape index (κ3) is 2.84. The van der Waals surface area contributed by atoms with E-state index < -0.39 is 0 Å². The maximum Gasteiger partial charge on any atom is 0.185 e. The molecule has 4 nitrogen and oxygen atoms in total. The van der Waals surface area contributed by atoms with Crippen molar-refractivity contribution in [3.05, 3.63) is 10.6 Å². The zero-order valence-corrected chi connectivity index (χ0v) is 12.5. The molecule has 1 aliphatic rings. The van der Waals surface area contributed by atoms with Crippen molar-refractivity contribution < 1.29 is 5.11 Å². The highest BCUT2D eigenvalue weighted by Gasteiger charge is 2.27. The van der Waals surface area contributed by atoms with E-state index in [1.54, 1.807) is 11.3 Å². The summed E-state index contributed by atoms with van der Waals surface area (Å²) in [5, 5.41) is 10.3. The lowest BCUT2D eigenvalue weighted by molar-refractivity contribution is 0.128. The van der Waals surface area contributed by atoms with Gasteiger partial charge >= 0.3 is 0 Å². The van der Waals surface area contributed by atoms with Crippen molar-refractivity contribution in [2.24, 2.45) is 0 Å². The van der Waals surface area contributed by atoms with E-state index in [4.69, 9.17) is 0 Å². The Bertz CT molecular complexity index is 403. The Labute approximate surface area is 113 Å². The average molecular weight is 269 g/mol. The molecule has 0 amide bonds. The molecule has 1 N–H and O–H groups in total. The van der Waals surface area contributed by atoms with E-state index >= 15 is 0 Å². The van der Waals surface area contributed by atoms with Gasteiger partial charge in [-0.2, -0.15) is 0 Å². The van der Waals surface area contributed by atoms with E-state index in [9.17, 15) is 5.11 Å². The number of hydrogen-bond donors (Lipinski definition) is 1. The number of thiazole rings is 1. The molecule has 1 fully saturated rings. The first-order chi connectivity index (χ1) is 8.41. The fourth-order valence-corrected chi connectivity index (χ4v) is 3.24. The highest BCUT2D eigenvalue weighted by atomic mass is 32.1. The average Bonchev–Trinajstić information content (AvgIpc) is 2.69. The first-order valence-corrected chi connectivity index (χ1v) is 7.30. The summed E-state index contributed by atoms with van der Waals surface area (Å²) in [6.45, 7) is 13.1. The number of hydrogen-bond acceptors (Lipinski definition) is 5. The molecule has 1 aromatic rings. The van der Waals surface area contributed by atoms with E-state index in [1.807, 2.05) is 6.92 Å². The molecule has 1 aromatic heterocycles. The first-order valence-electron chi connectivity index (χ1n) is 6.49. The zero-order valence-electron chi connectivity index (χ0n) is 11.7. The summed E-state index contributed by atoms with van der Waals surface area (Å²) < 4.78 is 0. The molecular weight excluding hydrogens is 246 g/mol. The lowest BCUT2D eigenvalue weighted by atomic mass is 10.1. The van der Waals surface area contributed by atoms with Gasteiger partial charge in [-0.1, -0.05) is 11.3 Å². The largest absolute Gasteiger partial charge is 0.391 e. The number of aryl methyl sites for hydroxylation is 1. The van der Waals surface area contributed by atoms with Gasteiger partial charge in [0.15, 0.2) is 5.13 Å². The van der Waals surface area contributed by atoms with Crippen LogP contribution in [0.4, 0.5) is 5.13 Å².